The van der Waals surface area contributed by atoms with E-state index in [-0.39, 0.29) is 11.7 Å². The first-order valence-electron chi connectivity index (χ1n) is 7.53. The zero-order chi connectivity index (χ0) is 17.6. The number of thioether (sulfide) groups is 1. The largest absolute Gasteiger partial charge is 0.351 e. The van der Waals surface area contributed by atoms with E-state index in [0.717, 1.165) is 11.1 Å². The summed E-state index contributed by atoms with van der Waals surface area (Å²) in [5, 5.41) is 12.1. The number of nitrogens with two attached hydrogens (primary N) is 1. The van der Waals surface area contributed by atoms with Crippen LogP contribution in [-0.2, 0) is 11.3 Å². The van der Waals surface area contributed by atoms with Crippen LogP contribution in [0.15, 0.2) is 59.8 Å². The van der Waals surface area contributed by atoms with Crippen molar-refractivity contribution < 1.29 is 4.79 Å². The smallest absolute Gasteiger partial charge is 0.230 e. The van der Waals surface area contributed by atoms with Crippen molar-refractivity contribution in [3.63, 3.8) is 0 Å². The number of nitrogens with zero attached hydrogens (tertiary/aromatic N) is 3. The molecule has 3 rings (SSSR count). The minimum Gasteiger partial charge on any atom is -0.351 e. The van der Waals surface area contributed by atoms with E-state index in [9.17, 15) is 4.79 Å². The van der Waals surface area contributed by atoms with Crippen LogP contribution in [0.5, 0.6) is 0 Å². The molecule has 0 bridgehead atoms. The van der Waals surface area contributed by atoms with E-state index in [1.54, 1.807) is 6.07 Å². The number of hydrogen-bond acceptors (Lipinski definition) is 5. The molecule has 0 aliphatic heterocycles. The van der Waals surface area contributed by atoms with Crippen LogP contribution in [-0.4, -0.2) is 26.5 Å². The van der Waals surface area contributed by atoms with Crippen molar-refractivity contribution in [1.29, 1.82) is 0 Å². The first-order chi connectivity index (χ1) is 12.1. The van der Waals surface area contributed by atoms with Gasteiger partial charge >= 0.3 is 0 Å². The van der Waals surface area contributed by atoms with Crippen molar-refractivity contribution in [3.05, 3.63) is 65.2 Å². The van der Waals surface area contributed by atoms with Gasteiger partial charge in [-0.3, -0.25) is 4.79 Å². The fourth-order valence-corrected chi connectivity index (χ4v) is 3.09. The predicted octanol–water partition coefficient (Wildman–Crippen LogP) is 2.72. The quantitative estimate of drug-likeness (QED) is 0.512. The lowest BCUT2D eigenvalue weighted by Gasteiger charge is -2.06. The van der Waals surface area contributed by atoms with Gasteiger partial charge in [0, 0.05) is 17.1 Å². The van der Waals surface area contributed by atoms with Gasteiger partial charge in [-0.15, -0.1) is 10.2 Å². The number of rotatable bonds is 6. The SMILES string of the molecule is Nn1c(SCC(=O)NCc2cccc(Cl)c2)nnc1-c1ccccc1. The van der Waals surface area contributed by atoms with Gasteiger partial charge in [0.2, 0.25) is 11.1 Å². The molecule has 6 nitrogen and oxygen atoms in total. The van der Waals surface area contributed by atoms with Crippen molar-refractivity contribution >= 4 is 29.3 Å². The zero-order valence-electron chi connectivity index (χ0n) is 13.2. The summed E-state index contributed by atoms with van der Waals surface area (Å²) in [7, 11) is 0. The number of carbonyl (C=O) groups excluding carboxylic acids is 1. The third-order valence-electron chi connectivity index (χ3n) is 3.41. The Morgan fingerprint density at radius 2 is 1.96 bits per heavy atom. The minimum atomic E-state index is -0.116. The Bertz CT molecular complexity index is 868. The lowest BCUT2D eigenvalue weighted by molar-refractivity contribution is -0.118. The number of nitrogen functional groups attached to an aromatic ring is 1. The van der Waals surface area contributed by atoms with Crippen LogP contribution < -0.4 is 11.2 Å². The van der Waals surface area contributed by atoms with E-state index in [2.05, 4.69) is 15.5 Å². The van der Waals surface area contributed by atoms with Crippen molar-refractivity contribution in [2.45, 2.75) is 11.7 Å². The summed E-state index contributed by atoms with van der Waals surface area (Å²) in [6.45, 7) is 0.421. The van der Waals surface area contributed by atoms with Crippen LogP contribution in [0.4, 0.5) is 0 Å². The van der Waals surface area contributed by atoms with Crippen molar-refractivity contribution in [2.24, 2.45) is 0 Å². The highest BCUT2D eigenvalue weighted by Gasteiger charge is 2.13. The summed E-state index contributed by atoms with van der Waals surface area (Å²) < 4.78 is 1.39. The van der Waals surface area contributed by atoms with Gasteiger partial charge in [-0.1, -0.05) is 65.8 Å². The molecule has 0 aliphatic rings. The van der Waals surface area contributed by atoms with Crippen LogP contribution in [0.25, 0.3) is 11.4 Å². The van der Waals surface area contributed by atoms with Gasteiger partial charge in [0.15, 0.2) is 5.82 Å². The Morgan fingerprint density at radius 3 is 2.72 bits per heavy atom. The summed E-state index contributed by atoms with van der Waals surface area (Å²) in [6.07, 6.45) is 0. The molecule has 1 amide bonds. The minimum absolute atomic E-state index is 0.116. The molecule has 0 unspecified atom stereocenters. The summed E-state index contributed by atoms with van der Waals surface area (Å²) >= 11 is 7.16. The monoisotopic (exact) mass is 373 g/mol. The maximum atomic E-state index is 12.0. The Morgan fingerprint density at radius 1 is 1.16 bits per heavy atom. The molecular weight excluding hydrogens is 358 g/mol. The summed E-state index contributed by atoms with van der Waals surface area (Å²) in [5.74, 6) is 6.67. The van der Waals surface area contributed by atoms with Gasteiger partial charge in [0.1, 0.15) is 0 Å². The topological polar surface area (TPSA) is 85.8 Å². The number of benzene rings is 2. The first-order valence-corrected chi connectivity index (χ1v) is 8.89. The van der Waals surface area contributed by atoms with Gasteiger partial charge in [0.05, 0.1) is 5.75 Å². The standard InChI is InChI=1S/C17H16ClN5OS/c18-14-8-4-5-12(9-14)10-20-15(24)11-25-17-22-21-16(23(17)19)13-6-2-1-3-7-13/h1-9H,10-11,19H2,(H,20,24). The van der Waals surface area contributed by atoms with Gasteiger partial charge in [-0.25, -0.2) is 4.68 Å². The van der Waals surface area contributed by atoms with E-state index < -0.39 is 0 Å². The highest BCUT2D eigenvalue weighted by atomic mass is 35.5. The maximum Gasteiger partial charge on any atom is 0.230 e. The Balaban J connectivity index is 1.55. The summed E-state index contributed by atoms with van der Waals surface area (Å²) in [6, 6.07) is 16.9. The fraction of sp³-hybridized carbons (Fsp3) is 0.118. The van der Waals surface area contributed by atoms with Gasteiger partial charge in [-0.2, -0.15) is 0 Å². The third-order valence-corrected chi connectivity index (χ3v) is 4.59. The van der Waals surface area contributed by atoms with E-state index in [1.807, 2.05) is 48.5 Å². The molecule has 0 fully saturated rings. The average Bonchev–Trinajstić information content (AvgIpc) is 2.99. The second kappa shape index (κ2) is 8.04. The molecule has 8 heteroatoms. The van der Waals surface area contributed by atoms with Crippen molar-refractivity contribution in [1.82, 2.24) is 20.2 Å². The third kappa shape index (κ3) is 4.52. The molecule has 128 valence electrons. The van der Waals surface area contributed by atoms with Crippen molar-refractivity contribution in [3.8, 4) is 11.4 Å². The summed E-state index contributed by atoms with van der Waals surface area (Å²) in [5.41, 5.74) is 1.81. The van der Waals surface area contributed by atoms with Crippen LogP contribution in [0, 0.1) is 0 Å². The second-order valence-corrected chi connectivity index (χ2v) is 6.62. The molecular formula is C17H16ClN5OS. The number of carbonyl (C=O) groups is 1. The summed E-state index contributed by atoms with van der Waals surface area (Å²) in [4.78, 5) is 12.0. The zero-order valence-corrected chi connectivity index (χ0v) is 14.8. The van der Waals surface area contributed by atoms with E-state index in [0.29, 0.717) is 22.5 Å². The molecule has 25 heavy (non-hydrogen) atoms. The molecule has 0 aliphatic carbocycles. The maximum absolute atomic E-state index is 12.0. The van der Waals surface area contributed by atoms with Crippen LogP contribution >= 0.6 is 23.4 Å². The Hall–Kier alpha value is -2.51. The van der Waals surface area contributed by atoms with Crippen LogP contribution in [0.1, 0.15) is 5.56 Å². The van der Waals surface area contributed by atoms with Gasteiger partial charge < -0.3 is 11.2 Å². The van der Waals surface area contributed by atoms with E-state index in [4.69, 9.17) is 17.4 Å². The molecule has 0 saturated heterocycles. The number of nitrogens with one attached hydrogen (secondary N) is 1. The second-order valence-electron chi connectivity index (χ2n) is 5.24. The lowest BCUT2D eigenvalue weighted by atomic mass is 10.2. The molecule has 1 heterocycles. The van der Waals surface area contributed by atoms with Crippen LogP contribution in [0.2, 0.25) is 5.02 Å². The number of hydrogen-bond donors (Lipinski definition) is 2. The molecule has 0 atom stereocenters. The first kappa shape index (κ1) is 17.3. The molecule has 0 radical (unpaired) electrons. The van der Waals surface area contributed by atoms with Gasteiger partial charge in [0.25, 0.3) is 0 Å². The normalized spacial score (nSPS) is 10.6. The molecule has 0 saturated carbocycles. The number of amides is 1. The lowest BCUT2D eigenvalue weighted by Crippen LogP contribution is -2.25. The Kier molecular flexibility index (Phi) is 5.57. The molecule has 1 aromatic heterocycles. The Labute approximate surface area is 154 Å². The number of halogens is 1. The van der Waals surface area contributed by atoms with Crippen molar-refractivity contribution in [2.75, 3.05) is 11.6 Å². The molecule has 0 spiro atoms. The highest BCUT2D eigenvalue weighted by molar-refractivity contribution is 7.99. The molecule has 2 aromatic carbocycles. The average molecular weight is 374 g/mol. The van der Waals surface area contributed by atoms with Crippen LogP contribution in [0.3, 0.4) is 0 Å². The fourth-order valence-electron chi connectivity index (χ4n) is 2.19. The highest BCUT2D eigenvalue weighted by Crippen LogP contribution is 2.21. The predicted molar refractivity (Wildman–Crippen MR) is 99.6 cm³/mol. The van der Waals surface area contributed by atoms with E-state index in [1.165, 1.54) is 16.4 Å². The van der Waals surface area contributed by atoms with E-state index >= 15 is 0 Å². The molecule has 3 aromatic rings. The number of aromatic nitrogens is 3. The van der Waals surface area contributed by atoms with Gasteiger partial charge in [-0.05, 0) is 17.7 Å². The molecule has 3 N–H and O–H groups in total.